The molecule has 1 aliphatic heterocycles. The normalized spacial score (nSPS) is 20.5. The molecule has 6 heteroatoms. The van der Waals surface area contributed by atoms with E-state index >= 15 is 0 Å². The number of carbonyl (C=O) groups excluding carboxylic acids is 1. The largest absolute Gasteiger partial charge is 0.380 e. The van der Waals surface area contributed by atoms with Crippen molar-refractivity contribution < 1.29 is 9.53 Å². The Kier molecular flexibility index (Phi) is 6.14. The van der Waals surface area contributed by atoms with Gasteiger partial charge in [0.15, 0.2) is 0 Å². The highest BCUT2D eigenvalue weighted by Crippen LogP contribution is 2.29. The molecule has 2 atom stereocenters. The molecule has 1 saturated heterocycles. The van der Waals surface area contributed by atoms with Crippen LogP contribution in [-0.4, -0.2) is 48.6 Å². The number of methoxy groups -OCH3 is 1. The maximum atomic E-state index is 12.3. The van der Waals surface area contributed by atoms with E-state index in [-0.39, 0.29) is 12.0 Å². The molecule has 5 nitrogen and oxygen atoms in total. The number of carbonyl (C=O) groups is 1. The Hall–Kier alpha value is -0.980. The van der Waals surface area contributed by atoms with Crippen molar-refractivity contribution in [2.45, 2.75) is 44.6 Å². The van der Waals surface area contributed by atoms with Crippen LogP contribution in [0.5, 0.6) is 0 Å². The number of ether oxygens (including phenoxy) is 1. The second-order valence-corrected chi connectivity index (χ2v) is 6.40. The first-order valence-electron chi connectivity index (χ1n) is 7.62. The molecule has 2 rings (SSSR count). The van der Waals surface area contributed by atoms with Crippen LogP contribution < -0.4 is 5.73 Å². The number of piperidine rings is 1. The Bertz CT molecular complexity index is 460. The summed E-state index contributed by atoms with van der Waals surface area (Å²) in [6.07, 6.45) is 3.32. The van der Waals surface area contributed by atoms with Gasteiger partial charge in [0.2, 0.25) is 5.91 Å². The smallest absolute Gasteiger partial charge is 0.225 e. The number of hydrogen-bond acceptors (Lipinski definition) is 5. The van der Waals surface area contributed by atoms with Crippen LogP contribution in [0.25, 0.3) is 0 Å². The van der Waals surface area contributed by atoms with Gasteiger partial charge in [0.05, 0.1) is 23.2 Å². The number of aromatic nitrogens is 1. The minimum atomic E-state index is -0.176. The number of amides is 1. The molecule has 1 fully saturated rings. The quantitative estimate of drug-likeness (QED) is 0.869. The predicted molar refractivity (Wildman–Crippen MR) is 84.5 cm³/mol. The van der Waals surface area contributed by atoms with E-state index in [9.17, 15) is 4.79 Å². The molecule has 21 heavy (non-hydrogen) atoms. The van der Waals surface area contributed by atoms with Crippen molar-refractivity contribution in [3.05, 3.63) is 16.1 Å². The molecule has 118 valence electrons. The lowest BCUT2D eigenvalue weighted by Gasteiger charge is -2.32. The molecule has 1 aliphatic rings. The molecule has 1 aromatic heterocycles. The monoisotopic (exact) mass is 311 g/mol. The third-order valence-electron chi connectivity index (χ3n) is 4.05. The van der Waals surface area contributed by atoms with Crippen molar-refractivity contribution in [2.24, 2.45) is 5.73 Å². The van der Waals surface area contributed by atoms with Gasteiger partial charge in [-0.15, -0.1) is 11.3 Å². The molecule has 2 heterocycles. The number of hydrogen-bond donors (Lipinski definition) is 1. The van der Waals surface area contributed by atoms with Gasteiger partial charge in [-0.3, -0.25) is 4.79 Å². The van der Waals surface area contributed by atoms with Crippen molar-refractivity contribution in [1.29, 1.82) is 0 Å². The summed E-state index contributed by atoms with van der Waals surface area (Å²) in [6.45, 7) is 4.11. The molecule has 2 unspecified atom stereocenters. The molecule has 0 bridgehead atoms. The van der Waals surface area contributed by atoms with Crippen LogP contribution >= 0.6 is 11.3 Å². The third-order valence-corrected chi connectivity index (χ3v) is 5.11. The summed E-state index contributed by atoms with van der Waals surface area (Å²) in [5.74, 6) is 0.524. The summed E-state index contributed by atoms with van der Waals surface area (Å²) in [4.78, 5) is 19.0. The number of aryl methyl sites for hydroxylation is 1. The van der Waals surface area contributed by atoms with Crippen LogP contribution in [-0.2, 0) is 16.0 Å². The summed E-state index contributed by atoms with van der Waals surface area (Å²) in [7, 11) is 1.60. The first kappa shape index (κ1) is 16.4. The van der Waals surface area contributed by atoms with E-state index in [2.05, 4.69) is 17.3 Å². The molecule has 0 radical (unpaired) electrons. The topological polar surface area (TPSA) is 68.5 Å². The number of nitrogens with two attached hydrogens (primary N) is 1. The third kappa shape index (κ3) is 4.25. The zero-order valence-corrected chi connectivity index (χ0v) is 13.7. The van der Waals surface area contributed by atoms with Crippen LogP contribution in [0.15, 0.2) is 5.38 Å². The highest BCUT2D eigenvalue weighted by Gasteiger charge is 2.27. The second kappa shape index (κ2) is 7.87. The van der Waals surface area contributed by atoms with Crippen LogP contribution in [0, 0.1) is 0 Å². The van der Waals surface area contributed by atoms with E-state index in [0.29, 0.717) is 18.9 Å². The number of likely N-dealkylation sites (tertiary alicyclic amines) is 1. The van der Waals surface area contributed by atoms with Crippen molar-refractivity contribution in [1.82, 2.24) is 9.88 Å². The highest BCUT2D eigenvalue weighted by atomic mass is 32.1. The van der Waals surface area contributed by atoms with Gasteiger partial charge in [0, 0.05) is 38.0 Å². The van der Waals surface area contributed by atoms with Gasteiger partial charge in [-0.05, 0) is 19.3 Å². The van der Waals surface area contributed by atoms with Gasteiger partial charge in [0.25, 0.3) is 0 Å². The average Bonchev–Trinajstić information content (AvgIpc) is 3.01. The lowest BCUT2D eigenvalue weighted by molar-refractivity contribution is -0.134. The zero-order chi connectivity index (χ0) is 15.2. The molecule has 1 aromatic rings. The first-order valence-corrected chi connectivity index (χ1v) is 8.50. The van der Waals surface area contributed by atoms with E-state index in [1.54, 1.807) is 18.4 Å². The van der Waals surface area contributed by atoms with Gasteiger partial charge < -0.3 is 15.4 Å². The lowest BCUT2D eigenvalue weighted by Crippen LogP contribution is -2.41. The van der Waals surface area contributed by atoms with E-state index in [1.807, 2.05) is 4.90 Å². The van der Waals surface area contributed by atoms with Crippen molar-refractivity contribution >= 4 is 17.2 Å². The minimum absolute atomic E-state index is 0.143. The number of nitrogens with zero attached hydrogens (tertiary/aromatic N) is 2. The highest BCUT2D eigenvalue weighted by molar-refractivity contribution is 7.09. The van der Waals surface area contributed by atoms with Crippen LogP contribution in [0.2, 0.25) is 0 Å². The van der Waals surface area contributed by atoms with Crippen molar-refractivity contribution in [2.75, 3.05) is 26.7 Å². The summed E-state index contributed by atoms with van der Waals surface area (Å²) in [5, 5.41) is 3.30. The minimum Gasteiger partial charge on any atom is -0.380 e. The molecule has 0 saturated carbocycles. The Balaban J connectivity index is 1.95. The Labute approximate surface area is 130 Å². The van der Waals surface area contributed by atoms with Gasteiger partial charge >= 0.3 is 0 Å². The zero-order valence-electron chi connectivity index (χ0n) is 12.9. The predicted octanol–water partition coefficient (Wildman–Crippen LogP) is 1.78. The average molecular weight is 311 g/mol. The summed E-state index contributed by atoms with van der Waals surface area (Å²) < 4.78 is 5.21. The lowest BCUT2D eigenvalue weighted by atomic mass is 9.98. The van der Waals surface area contributed by atoms with E-state index < -0.39 is 0 Å². The van der Waals surface area contributed by atoms with Crippen LogP contribution in [0.3, 0.4) is 0 Å². The van der Waals surface area contributed by atoms with E-state index in [1.165, 1.54) is 5.01 Å². The summed E-state index contributed by atoms with van der Waals surface area (Å²) >= 11 is 1.72. The van der Waals surface area contributed by atoms with Gasteiger partial charge in [-0.2, -0.15) is 0 Å². The van der Waals surface area contributed by atoms with E-state index in [4.69, 9.17) is 10.5 Å². The Morgan fingerprint density at radius 3 is 3.10 bits per heavy atom. The molecular weight excluding hydrogens is 286 g/mol. The fraction of sp³-hybridized carbons (Fsp3) is 0.733. The molecule has 0 spiro atoms. The summed E-state index contributed by atoms with van der Waals surface area (Å²) in [5.41, 5.74) is 6.75. The van der Waals surface area contributed by atoms with Gasteiger partial charge in [-0.25, -0.2) is 4.98 Å². The van der Waals surface area contributed by atoms with Gasteiger partial charge in [0.1, 0.15) is 0 Å². The van der Waals surface area contributed by atoms with E-state index in [0.717, 1.165) is 38.0 Å². The molecule has 0 aliphatic carbocycles. The Morgan fingerprint density at radius 1 is 1.67 bits per heavy atom. The molecular formula is C15H25N3O2S. The first-order chi connectivity index (χ1) is 10.2. The summed E-state index contributed by atoms with van der Waals surface area (Å²) in [6, 6.07) is 0. The maximum absolute atomic E-state index is 12.3. The maximum Gasteiger partial charge on any atom is 0.225 e. The van der Waals surface area contributed by atoms with Crippen LogP contribution in [0.1, 0.15) is 42.8 Å². The number of rotatable bonds is 6. The van der Waals surface area contributed by atoms with Crippen LogP contribution in [0.4, 0.5) is 0 Å². The molecule has 0 aromatic carbocycles. The number of thiazole rings is 1. The Morgan fingerprint density at radius 2 is 2.48 bits per heavy atom. The standard InChI is InChI=1S/C15H25N3O2S/c1-3-12-10-21-15(17-12)11-5-4-6-18(9-11)14(19)7-13(8-16)20-2/h10-11,13H,3-9,16H2,1-2H3. The molecule has 2 N–H and O–H groups in total. The fourth-order valence-electron chi connectivity index (χ4n) is 2.66. The fourth-order valence-corrected chi connectivity index (χ4v) is 3.70. The van der Waals surface area contributed by atoms with Gasteiger partial charge in [-0.1, -0.05) is 6.92 Å². The SMILES string of the molecule is CCc1csc(C2CCCN(C(=O)CC(CN)OC)C2)n1. The van der Waals surface area contributed by atoms with Crippen molar-refractivity contribution in [3.8, 4) is 0 Å². The second-order valence-electron chi connectivity index (χ2n) is 5.51. The molecule has 1 amide bonds. The van der Waals surface area contributed by atoms with Crippen molar-refractivity contribution in [3.63, 3.8) is 0 Å².